The third-order valence-corrected chi connectivity index (χ3v) is 4.79. The summed E-state index contributed by atoms with van der Waals surface area (Å²) in [7, 11) is 5.60. The number of aryl methyl sites for hydroxylation is 1. The number of hydrogen-bond acceptors (Lipinski definition) is 2. The quantitative estimate of drug-likeness (QED) is 0.308. The van der Waals surface area contributed by atoms with Crippen LogP contribution in [0.4, 0.5) is 4.39 Å². The normalized spacial score (nSPS) is 12.2. The lowest BCUT2D eigenvalue weighted by atomic mass is 9.98. The fourth-order valence-electron chi connectivity index (χ4n) is 2.82. The highest BCUT2D eigenvalue weighted by Gasteiger charge is 2.18. The molecule has 6 nitrogen and oxygen atoms in total. The zero-order chi connectivity index (χ0) is 20.0. The van der Waals surface area contributed by atoms with Gasteiger partial charge in [-0.05, 0) is 46.1 Å². The van der Waals surface area contributed by atoms with Crippen LogP contribution >= 0.6 is 39.9 Å². The molecular weight excluding hydrogens is 540 g/mol. The summed E-state index contributed by atoms with van der Waals surface area (Å²) in [6, 6.07) is 8.14. The van der Waals surface area contributed by atoms with Gasteiger partial charge in [0.1, 0.15) is 5.82 Å². The van der Waals surface area contributed by atoms with Crippen molar-refractivity contribution in [2.75, 3.05) is 20.6 Å². The highest BCUT2D eigenvalue weighted by molar-refractivity contribution is 14.0. The van der Waals surface area contributed by atoms with Crippen molar-refractivity contribution < 1.29 is 9.18 Å². The van der Waals surface area contributed by atoms with Gasteiger partial charge in [0.15, 0.2) is 5.96 Å². The molecule has 0 saturated carbocycles. The third kappa shape index (κ3) is 7.08. The number of guanidine groups is 1. The number of aromatic nitrogens is 1. The molecule has 0 aliphatic carbocycles. The van der Waals surface area contributed by atoms with Crippen LogP contribution in [-0.4, -0.2) is 42.0 Å². The number of primary amides is 1. The number of amides is 1. The molecule has 3 N–H and O–H groups in total. The minimum atomic E-state index is -0.426. The maximum atomic E-state index is 13.1. The average Bonchev–Trinajstić information content (AvgIpc) is 2.93. The lowest BCUT2D eigenvalue weighted by molar-refractivity contribution is -0.121. The Morgan fingerprint density at radius 1 is 1.39 bits per heavy atom. The van der Waals surface area contributed by atoms with Gasteiger partial charge in [-0.15, -0.1) is 24.0 Å². The fourth-order valence-corrected chi connectivity index (χ4v) is 3.39. The molecule has 2 aromatic rings. The minimum Gasteiger partial charge on any atom is -0.369 e. The second kappa shape index (κ2) is 11.4. The molecule has 1 amide bonds. The summed E-state index contributed by atoms with van der Waals surface area (Å²) in [6.45, 7) is 1.00. The number of nitrogens with one attached hydrogen (secondary N) is 1. The Hall–Kier alpha value is -1.62. The van der Waals surface area contributed by atoms with Crippen molar-refractivity contribution in [2.24, 2.45) is 23.7 Å². The van der Waals surface area contributed by atoms with Crippen LogP contribution in [0.1, 0.15) is 11.3 Å². The monoisotopic (exact) mass is 565 g/mol. The highest BCUT2D eigenvalue weighted by Crippen LogP contribution is 2.15. The van der Waals surface area contributed by atoms with Gasteiger partial charge in [-0.3, -0.25) is 9.79 Å². The van der Waals surface area contributed by atoms with E-state index in [0.29, 0.717) is 25.5 Å². The predicted molar refractivity (Wildman–Crippen MR) is 124 cm³/mol. The molecule has 0 radical (unpaired) electrons. The molecule has 0 aliphatic rings. The molecule has 1 unspecified atom stereocenters. The topological polar surface area (TPSA) is 75.6 Å². The molecule has 9 heteroatoms. The van der Waals surface area contributed by atoms with Crippen molar-refractivity contribution >= 4 is 51.8 Å². The fraction of sp³-hybridized carbons (Fsp3) is 0.368. The zero-order valence-corrected chi connectivity index (χ0v) is 20.1. The second-order valence-corrected chi connectivity index (χ2v) is 7.39. The van der Waals surface area contributed by atoms with E-state index in [2.05, 4.69) is 26.2 Å². The van der Waals surface area contributed by atoms with Crippen molar-refractivity contribution in [3.05, 3.63) is 58.1 Å². The Labute approximate surface area is 190 Å². The largest absolute Gasteiger partial charge is 0.369 e. The first-order valence-corrected chi connectivity index (χ1v) is 9.35. The molecule has 0 saturated heterocycles. The van der Waals surface area contributed by atoms with E-state index in [9.17, 15) is 9.18 Å². The molecule has 1 heterocycles. The number of rotatable bonds is 7. The van der Waals surface area contributed by atoms with E-state index < -0.39 is 11.8 Å². The van der Waals surface area contributed by atoms with Crippen LogP contribution in [-0.2, 0) is 24.8 Å². The van der Waals surface area contributed by atoms with E-state index >= 15 is 0 Å². The van der Waals surface area contributed by atoms with Gasteiger partial charge in [0.2, 0.25) is 5.91 Å². The molecule has 1 atom stereocenters. The Kier molecular flexibility index (Phi) is 9.94. The van der Waals surface area contributed by atoms with Crippen LogP contribution < -0.4 is 11.1 Å². The van der Waals surface area contributed by atoms with Gasteiger partial charge in [0.25, 0.3) is 0 Å². The van der Waals surface area contributed by atoms with Gasteiger partial charge in [-0.25, -0.2) is 4.39 Å². The number of carbonyl (C=O) groups excluding carboxylic acids is 1. The van der Waals surface area contributed by atoms with Crippen LogP contribution in [0, 0.1) is 11.7 Å². The summed E-state index contributed by atoms with van der Waals surface area (Å²) >= 11 is 3.47. The molecule has 1 aromatic heterocycles. The molecular formula is C19H26BrFIN5O. The SMILES string of the molecule is CN=C(NCC(Cc1ccc(F)cc1)C(N)=O)N(C)Cc1cc(Br)cn1C.I. The van der Waals surface area contributed by atoms with Crippen molar-refractivity contribution in [3.8, 4) is 0 Å². The summed E-state index contributed by atoms with van der Waals surface area (Å²) in [5, 5.41) is 3.21. The lowest BCUT2D eigenvalue weighted by Crippen LogP contribution is -2.43. The Bertz CT molecular complexity index is 809. The molecule has 0 aliphatic heterocycles. The van der Waals surface area contributed by atoms with Gasteiger partial charge < -0.3 is 20.5 Å². The number of nitrogens with two attached hydrogens (primary N) is 1. The van der Waals surface area contributed by atoms with Crippen LogP contribution in [0.5, 0.6) is 0 Å². The lowest BCUT2D eigenvalue weighted by Gasteiger charge is -2.24. The number of carbonyl (C=O) groups is 1. The summed E-state index contributed by atoms with van der Waals surface area (Å²) in [5.41, 5.74) is 7.53. The van der Waals surface area contributed by atoms with Gasteiger partial charge in [0.05, 0.1) is 12.5 Å². The van der Waals surface area contributed by atoms with Crippen LogP contribution in [0.15, 0.2) is 46.0 Å². The Morgan fingerprint density at radius 2 is 2.04 bits per heavy atom. The maximum absolute atomic E-state index is 13.1. The summed E-state index contributed by atoms with van der Waals surface area (Å²) < 4.78 is 16.1. The second-order valence-electron chi connectivity index (χ2n) is 6.47. The number of nitrogens with zero attached hydrogens (tertiary/aromatic N) is 3. The molecule has 0 bridgehead atoms. The number of halogens is 3. The van der Waals surface area contributed by atoms with Crippen molar-refractivity contribution in [2.45, 2.75) is 13.0 Å². The smallest absolute Gasteiger partial charge is 0.222 e. The van der Waals surface area contributed by atoms with Crippen molar-refractivity contribution in [1.29, 1.82) is 0 Å². The van der Waals surface area contributed by atoms with Gasteiger partial charge in [-0.1, -0.05) is 12.1 Å². The van der Waals surface area contributed by atoms with E-state index in [1.54, 1.807) is 19.2 Å². The zero-order valence-electron chi connectivity index (χ0n) is 16.2. The first-order chi connectivity index (χ1) is 12.8. The minimum absolute atomic E-state index is 0. The van der Waals surface area contributed by atoms with E-state index in [1.165, 1.54) is 12.1 Å². The number of aliphatic imine (C=N–C) groups is 1. The molecule has 1 aromatic carbocycles. The van der Waals surface area contributed by atoms with Gasteiger partial charge in [-0.2, -0.15) is 0 Å². The van der Waals surface area contributed by atoms with E-state index in [-0.39, 0.29) is 29.8 Å². The van der Waals surface area contributed by atoms with E-state index in [0.717, 1.165) is 15.7 Å². The predicted octanol–water partition coefficient (Wildman–Crippen LogP) is 2.90. The molecule has 28 heavy (non-hydrogen) atoms. The first-order valence-electron chi connectivity index (χ1n) is 8.56. The van der Waals surface area contributed by atoms with Crippen molar-refractivity contribution in [1.82, 2.24) is 14.8 Å². The summed E-state index contributed by atoms with van der Waals surface area (Å²) in [4.78, 5) is 18.1. The number of benzene rings is 1. The van der Waals surface area contributed by atoms with Crippen molar-refractivity contribution in [3.63, 3.8) is 0 Å². The molecule has 0 spiro atoms. The summed E-state index contributed by atoms with van der Waals surface area (Å²) in [5.74, 6) is -0.472. The standard InChI is InChI=1S/C19H25BrFN5O.HI/c1-23-19(26(3)12-17-9-15(20)11-25(17)2)24-10-14(18(22)27)8-13-4-6-16(21)7-5-13;/h4-7,9,11,14H,8,10,12H2,1-3H3,(H2,22,27)(H,23,24);1H. The highest BCUT2D eigenvalue weighted by atomic mass is 127. The maximum Gasteiger partial charge on any atom is 0.222 e. The Balaban J connectivity index is 0.00000392. The van der Waals surface area contributed by atoms with Crippen LogP contribution in [0.25, 0.3) is 0 Å². The Morgan fingerprint density at radius 3 is 2.54 bits per heavy atom. The van der Waals surface area contributed by atoms with Gasteiger partial charge >= 0.3 is 0 Å². The number of hydrogen-bond donors (Lipinski definition) is 2. The van der Waals surface area contributed by atoms with Crippen LogP contribution in [0.3, 0.4) is 0 Å². The van der Waals surface area contributed by atoms with Gasteiger partial charge in [0, 0.05) is 44.1 Å². The van der Waals surface area contributed by atoms with E-state index in [1.807, 2.05) is 35.8 Å². The molecule has 154 valence electrons. The molecule has 0 fully saturated rings. The van der Waals surface area contributed by atoms with Crippen LogP contribution in [0.2, 0.25) is 0 Å². The first kappa shape index (κ1) is 24.4. The van der Waals surface area contributed by atoms with E-state index in [4.69, 9.17) is 5.73 Å². The molecule has 2 rings (SSSR count). The summed E-state index contributed by atoms with van der Waals surface area (Å²) in [6.07, 6.45) is 2.43. The third-order valence-electron chi connectivity index (χ3n) is 4.35. The average molecular weight is 566 g/mol.